The van der Waals surface area contributed by atoms with Gasteiger partial charge in [-0.3, -0.25) is 10.1 Å². The van der Waals surface area contributed by atoms with Crippen LogP contribution in [0.1, 0.15) is 10.4 Å². The molecule has 0 atom stereocenters. The normalized spacial score (nSPS) is 10.4. The smallest absolute Gasteiger partial charge is 0.257 e. The summed E-state index contributed by atoms with van der Waals surface area (Å²) in [4.78, 5) is 17.2. The molecule has 0 aliphatic carbocycles. The SMILES string of the molecule is COc1ccccc1-c1csc(NC(=O)c2cccc(Oc3ccccc3)c2)n1. The van der Waals surface area contributed by atoms with Crippen molar-refractivity contribution in [1.82, 2.24) is 4.98 Å². The highest BCUT2D eigenvalue weighted by Crippen LogP contribution is 2.32. The van der Waals surface area contributed by atoms with E-state index < -0.39 is 0 Å². The number of hydrogen-bond donors (Lipinski definition) is 1. The van der Waals surface area contributed by atoms with Crippen LogP contribution in [0.15, 0.2) is 84.2 Å². The molecule has 0 fully saturated rings. The quantitative estimate of drug-likeness (QED) is 0.439. The van der Waals surface area contributed by atoms with Gasteiger partial charge in [0.15, 0.2) is 5.13 Å². The second kappa shape index (κ2) is 8.58. The van der Waals surface area contributed by atoms with Gasteiger partial charge in [-0.05, 0) is 42.5 Å². The van der Waals surface area contributed by atoms with Crippen LogP contribution in [0.4, 0.5) is 5.13 Å². The van der Waals surface area contributed by atoms with Crippen molar-refractivity contribution in [2.75, 3.05) is 12.4 Å². The van der Waals surface area contributed by atoms with Crippen molar-refractivity contribution in [3.8, 4) is 28.5 Å². The maximum absolute atomic E-state index is 12.7. The molecule has 5 nitrogen and oxygen atoms in total. The number of para-hydroxylation sites is 2. The Hall–Kier alpha value is -3.64. The van der Waals surface area contributed by atoms with Crippen molar-refractivity contribution in [3.63, 3.8) is 0 Å². The number of rotatable bonds is 6. The Bertz CT molecular complexity index is 1130. The molecular weight excluding hydrogens is 384 g/mol. The van der Waals surface area contributed by atoms with Crippen LogP contribution in [0.3, 0.4) is 0 Å². The molecule has 29 heavy (non-hydrogen) atoms. The summed E-state index contributed by atoms with van der Waals surface area (Å²) in [6, 6.07) is 24.1. The topological polar surface area (TPSA) is 60.5 Å². The van der Waals surface area contributed by atoms with Crippen LogP contribution in [0.25, 0.3) is 11.3 Å². The minimum absolute atomic E-state index is 0.246. The van der Waals surface area contributed by atoms with Gasteiger partial charge in [0.1, 0.15) is 17.2 Å². The molecule has 0 radical (unpaired) electrons. The summed E-state index contributed by atoms with van der Waals surface area (Å²) in [5.41, 5.74) is 2.13. The van der Waals surface area contributed by atoms with Gasteiger partial charge in [0, 0.05) is 16.5 Å². The summed E-state index contributed by atoms with van der Waals surface area (Å²) in [6.45, 7) is 0. The van der Waals surface area contributed by atoms with E-state index in [4.69, 9.17) is 9.47 Å². The Morgan fingerprint density at radius 3 is 2.52 bits per heavy atom. The van der Waals surface area contributed by atoms with Gasteiger partial charge >= 0.3 is 0 Å². The number of nitrogens with one attached hydrogen (secondary N) is 1. The number of nitrogens with zero attached hydrogens (tertiary/aromatic N) is 1. The van der Waals surface area contributed by atoms with Crippen LogP contribution in [0, 0.1) is 0 Å². The molecule has 1 heterocycles. The average Bonchev–Trinajstić information content (AvgIpc) is 3.23. The van der Waals surface area contributed by atoms with Gasteiger partial charge in [-0.15, -0.1) is 11.3 Å². The fourth-order valence-electron chi connectivity index (χ4n) is 2.81. The Balaban J connectivity index is 1.49. The number of methoxy groups -OCH3 is 1. The van der Waals surface area contributed by atoms with Crippen LogP contribution in [0.5, 0.6) is 17.2 Å². The van der Waals surface area contributed by atoms with Crippen molar-refractivity contribution >= 4 is 22.4 Å². The monoisotopic (exact) mass is 402 g/mol. The van der Waals surface area contributed by atoms with E-state index in [1.165, 1.54) is 11.3 Å². The maximum Gasteiger partial charge on any atom is 0.257 e. The van der Waals surface area contributed by atoms with Crippen LogP contribution >= 0.6 is 11.3 Å². The zero-order valence-corrected chi connectivity index (χ0v) is 16.5. The lowest BCUT2D eigenvalue weighted by Crippen LogP contribution is -2.11. The molecule has 144 valence electrons. The number of ether oxygens (including phenoxy) is 2. The lowest BCUT2D eigenvalue weighted by molar-refractivity contribution is 0.102. The molecule has 1 aromatic heterocycles. The molecule has 3 aromatic carbocycles. The van der Waals surface area contributed by atoms with E-state index in [9.17, 15) is 4.79 Å². The predicted molar refractivity (Wildman–Crippen MR) is 115 cm³/mol. The number of thiazole rings is 1. The average molecular weight is 402 g/mol. The van der Waals surface area contributed by atoms with Gasteiger partial charge in [-0.1, -0.05) is 36.4 Å². The molecule has 0 aliphatic rings. The van der Waals surface area contributed by atoms with Crippen LogP contribution in [-0.2, 0) is 0 Å². The number of hydrogen-bond acceptors (Lipinski definition) is 5. The van der Waals surface area contributed by atoms with E-state index in [1.807, 2.05) is 66.0 Å². The van der Waals surface area contributed by atoms with Gasteiger partial charge in [-0.2, -0.15) is 0 Å². The van der Waals surface area contributed by atoms with Crippen molar-refractivity contribution in [2.45, 2.75) is 0 Å². The lowest BCUT2D eigenvalue weighted by atomic mass is 10.1. The number of carbonyl (C=O) groups is 1. The van der Waals surface area contributed by atoms with Crippen LogP contribution in [-0.4, -0.2) is 18.0 Å². The van der Waals surface area contributed by atoms with Crippen molar-refractivity contribution in [2.24, 2.45) is 0 Å². The summed E-state index contributed by atoms with van der Waals surface area (Å²) in [7, 11) is 1.62. The molecule has 4 rings (SSSR count). The molecular formula is C23H18N2O3S. The zero-order chi connectivity index (χ0) is 20.1. The Morgan fingerprint density at radius 2 is 1.69 bits per heavy atom. The van der Waals surface area contributed by atoms with Crippen LogP contribution in [0.2, 0.25) is 0 Å². The Morgan fingerprint density at radius 1 is 0.931 bits per heavy atom. The minimum atomic E-state index is -0.246. The molecule has 0 spiro atoms. The highest BCUT2D eigenvalue weighted by Gasteiger charge is 2.13. The van der Waals surface area contributed by atoms with Gasteiger partial charge < -0.3 is 9.47 Å². The fraction of sp³-hybridized carbons (Fsp3) is 0.0435. The Labute approximate surface area is 172 Å². The second-order valence-electron chi connectivity index (χ2n) is 6.14. The van der Waals surface area contributed by atoms with E-state index in [0.717, 1.165) is 17.0 Å². The second-order valence-corrected chi connectivity index (χ2v) is 6.99. The summed E-state index contributed by atoms with van der Waals surface area (Å²) in [5, 5.41) is 5.26. The molecule has 1 N–H and O–H groups in total. The molecule has 4 aromatic rings. The van der Waals surface area contributed by atoms with E-state index in [1.54, 1.807) is 25.3 Å². The predicted octanol–water partition coefficient (Wildman–Crippen LogP) is 5.86. The van der Waals surface area contributed by atoms with Gasteiger partial charge in [0.25, 0.3) is 5.91 Å². The highest BCUT2D eigenvalue weighted by atomic mass is 32.1. The summed E-state index contributed by atoms with van der Waals surface area (Å²) in [6.07, 6.45) is 0. The van der Waals surface area contributed by atoms with Gasteiger partial charge in [-0.25, -0.2) is 4.98 Å². The molecule has 0 saturated carbocycles. The van der Waals surface area contributed by atoms with E-state index >= 15 is 0 Å². The molecule has 0 saturated heterocycles. The number of carbonyl (C=O) groups excluding carboxylic acids is 1. The number of amides is 1. The number of benzene rings is 3. The van der Waals surface area contributed by atoms with Gasteiger partial charge in [0.05, 0.1) is 12.8 Å². The van der Waals surface area contributed by atoms with Gasteiger partial charge in [0.2, 0.25) is 0 Å². The van der Waals surface area contributed by atoms with Crippen molar-refractivity contribution in [3.05, 3.63) is 89.8 Å². The third-order valence-corrected chi connectivity index (χ3v) is 4.94. The summed E-state index contributed by atoms with van der Waals surface area (Å²) < 4.78 is 11.2. The van der Waals surface area contributed by atoms with E-state index in [-0.39, 0.29) is 5.91 Å². The number of aromatic nitrogens is 1. The summed E-state index contributed by atoms with van der Waals surface area (Å²) in [5.74, 6) is 1.80. The molecule has 1 amide bonds. The third-order valence-electron chi connectivity index (χ3n) is 4.18. The number of anilines is 1. The first-order chi connectivity index (χ1) is 14.2. The van der Waals surface area contributed by atoms with Crippen molar-refractivity contribution in [1.29, 1.82) is 0 Å². The Kier molecular flexibility index (Phi) is 5.54. The first kappa shape index (κ1) is 18.7. The maximum atomic E-state index is 12.7. The largest absolute Gasteiger partial charge is 0.496 e. The van der Waals surface area contributed by atoms with E-state index in [0.29, 0.717) is 22.2 Å². The standard InChI is InChI=1S/C23H18N2O3S/c1-27-21-13-6-5-12-19(21)20-15-29-23(24-20)25-22(26)16-8-7-11-18(14-16)28-17-9-3-2-4-10-17/h2-15H,1H3,(H,24,25,26). The summed E-state index contributed by atoms with van der Waals surface area (Å²) >= 11 is 1.36. The molecule has 0 unspecified atom stereocenters. The molecule has 0 aliphatic heterocycles. The van der Waals surface area contributed by atoms with Crippen LogP contribution < -0.4 is 14.8 Å². The zero-order valence-electron chi connectivity index (χ0n) is 15.7. The highest BCUT2D eigenvalue weighted by molar-refractivity contribution is 7.14. The first-order valence-corrected chi connectivity index (χ1v) is 9.84. The molecule has 6 heteroatoms. The molecule has 0 bridgehead atoms. The van der Waals surface area contributed by atoms with E-state index in [2.05, 4.69) is 10.3 Å². The minimum Gasteiger partial charge on any atom is -0.496 e. The lowest BCUT2D eigenvalue weighted by Gasteiger charge is -2.07. The third kappa shape index (κ3) is 4.44. The van der Waals surface area contributed by atoms with Crippen molar-refractivity contribution < 1.29 is 14.3 Å². The fourth-order valence-corrected chi connectivity index (χ4v) is 3.51. The first-order valence-electron chi connectivity index (χ1n) is 8.96.